The molecule has 0 bridgehead atoms. The largest absolute Gasteiger partial charge is 0.485 e. The van der Waals surface area contributed by atoms with Crippen molar-refractivity contribution in [2.45, 2.75) is 39.1 Å². The van der Waals surface area contributed by atoms with Gasteiger partial charge in [-0.15, -0.1) is 0 Å². The second kappa shape index (κ2) is 10.2. The summed E-state index contributed by atoms with van der Waals surface area (Å²) in [5.41, 5.74) is 0.469. The zero-order valence-electron chi connectivity index (χ0n) is 20.0. The third-order valence-electron chi connectivity index (χ3n) is 5.59. The van der Waals surface area contributed by atoms with Gasteiger partial charge in [0.2, 0.25) is 0 Å². The minimum absolute atomic E-state index is 0.0642. The van der Waals surface area contributed by atoms with E-state index in [1.54, 1.807) is 16.0 Å². The van der Waals surface area contributed by atoms with Crippen LogP contribution in [0.5, 0.6) is 5.75 Å². The first-order valence-electron chi connectivity index (χ1n) is 11.6. The third kappa shape index (κ3) is 6.30. The first-order valence-corrected chi connectivity index (χ1v) is 11.6. The van der Waals surface area contributed by atoms with Gasteiger partial charge in [-0.25, -0.2) is 14.6 Å². The minimum atomic E-state index is -0.503. The Kier molecular flexibility index (Phi) is 7.09. The molecule has 34 heavy (non-hydrogen) atoms. The maximum atomic E-state index is 12.3. The monoisotopic (exact) mass is 468 g/mol. The third-order valence-corrected chi connectivity index (χ3v) is 5.59. The van der Waals surface area contributed by atoms with E-state index in [-0.39, 0.29) is 24.9 Å². The van der Waals surface area contributed by atoms with E-state index in [9.17, 15) is 9.59 Å². The molecule has 0 radical (unpaired) electrons. The number of rotatable bonds is 5. The molecule has 2 fully saturated rings. The van der Waals surface area contributed by atoms with E-state index in [0.717, 1.165) is 11.4 Å². The minimum Gasteiger partial charge on any atom is -0.485 e. The first-order chi connectivity index (χ1) is 16.3. The van der Waals surface area contributed by atoms with Crippen LogP contribution in [0.25, 0.3) is 0 Å². The van der Waals surface area contributed by atoms with Crippen LogP contribution in [0.15, 0.2) is 48.7 Å². The van der Waals surface area contributed by atoms with Gasteiger partial charge in [-0.05, 0) is 38.5 Å². The predicted molar refractivity (Wildman–Crippen MR) is 127 cm³/mol. The summed E-state index contributed by atoms with van der Waals surface area (Å²) in [7, 11) is 0. The van der Waals surface area contributed by atoms with Crippen LogP contribution in [0.1, 0.15) is 26.3 Å². The van der Waals surface area contributed by atoms with Gasteiger partial charge in [0.15, 0.2) is 0 Å². The molecular formula is C25H32N4O5. The smallest absolute Gasteiger partial charge is 0.410 e. The SMILES string of the molecule is CC(C)(C)OC(=O)N1CC(Oc2ccc(N3CCN(C(=O)OCc4ccccc4)CC3)nc2)C1. The molecule has 182 valence electrons. The molecule has 9 heteroatoms. The number of benzene rings is 1. The lowest BCUT2D eigenvalue weighted by Gasteiger charge is -2.39. The molecule has 9 nitrogen and oxygen atoms in total. The molecule has 2 aromatic rings. The van der Waals surface area contributed by atoms with Crippen molar-refractivity contribution in [3.05, 3.63) is 54.2 Å². The van der Waals surface area contributed by atoms with Crippen LogP contribution in [0.2, 0.25) is 0 Å². The van der Waals surface area contributed by atoms with Gasteiger partial charge in [0.05, 0.1) is 19.3 Å². The van der Waals surface area contributed by atoms with E-state index < -0.39 is 5.60 Å². The van der Waals surface area contributed by atoms with E-state index in [0.29, 0.717) is 45.0 Å². The lowest BCUT2D eigenvalue weighted by molar-refractivity contribution is -0.0222. The summed E-state index contributed by atoms with van der Waals surface area (Å²) in [6.45, 7) is 9.35. The van der Waals surface area contributed by atoms with Crippen molar-refractivity contribution < 1.29 is 23.8 Å². The van der Waals surface area contributed by atoms with Gasteiger partial charge in [-0.3, -0.25) is 0 Å². The molecule has 1 aromatic heterocycles. The van der Waals surface area contributed by atoms with Crippen LogP contribution < -0.4 is 9.64 Å². The molecule has 0 atom stereocenters. The van der Waals surface area contributed by atoms with Crippen molar-refractivity contribution >= 4 is 18.0 Å². The fourth-order valence-electron chi connectivity index (χ4n) is 3.74. The van der Waals surface area contributed by atoms with E-state index >= 15 is 0 Å². The Bertz CT molecular complexity index is 963. The Hall–Kier alpha value is -3.49. The Labute approximate surface area is 200 Å². The fraction of sp³-hybridized carbons (Fsp3) is 0.480. The molecule has 2 saturated heterocycles. The number of amides is 2. The van der Waals surface area contributed by atoms with Crippen LogP contribution in [-0.4, -0.2) is 77.9 Å². The fourth-order valence-corrected chi connectivity index (χ4v) is 3.74. The van der Waals surface area contributed by atoms with Crippen molar-refractivity contribution in [3.63, 3.8) is 0 Å². The number of carbonyl (C=O) groups is 2. The van der Waals surface area contributed by atoms with E-state index in [4.69, 9.17) is 14.2 Å². The van der Waals surface area contributed by atoms with Crippen LogP contribution in [-0.2, 0) is 16.1 Å². The number of likely N-dealkylation sites (tertiary alicyclic amines) is 1. The number of carbonyl (C=O) groups excluding carboxylic acids is 2. The number of aromatic nitrogens is 1. The summed E-state index contributed by atoms with van der Waals surface area (Å²) >= 11 is 0. The second-order valence-electron chi connectivity index (χ2n) is 9.49. The normalized spacial score (nSPS) is 16.6. The maximum Gasteiger partial charge on any atom is 0.410 e. The molecule has 2 amide bonds. The average molecular weight is 469 g/mol. The van der Waals surface area contributed by atoms with Gasteiger partial charge < -0.3 is 28.9 Å². The van der Waals surface area contributed by atoms with Gasteiger partial charge in [0.1, 0.15) is 29.9 Å². The van der Waals surface area contributed by atoms with Gasteiger partial charge in [0, 0.05) is 26.2 Å². The van der Waals surface area contributed by atoms with Gasteiger partial charge >= 0.3 is 12.2 Å². The number of anilines is 1. The number of piperazine rings is 1. The molecular weight excluding hydrogens is 436 g/mol. The average Bonchev–Trinajstić information content (AvgIpc) is 2.79. The zero-order chi connectivity index (χ0) is 24.1. The topological polar surface area (TPSA) is 84.4 Å². The summed E-state index contributed by atoms with van der Waals surface area (Å²) < 4.78 is 16.7. The standard InChI is InChI=1S/C25H32N4O5/c1-25(2,3)34-24(31)29-16-21(17-29)33-20-9-10-22(26-15-20)27-11-13-28(14-12-27)23(30)32-18-19-7-5-4-6-8-19/h4-10,15,21H,11-14,16-18H2,1-3H3. The maximum absolute atomic E-state index is 12.3. The number of hydrogen-bond donors (Lipinski definition) is 0. The molecule has 0 aliphatic carbocycles. The van der Waals surface area contributed by atoms with Gasteiger partial charge in [-0.1, -0.05) is 30.3 Å². The van der Waals surface area contributed by atoms with Crippen LogP contribution >= 0.6 is 0 Å². The van der Waals surface area contributed by atoms with Gasteiger partial charge in [0.25, 0.3) is 0 Å². The second-order valence-corrected chi connectivity index (χ2v) is 9.49. The highest BCUT2D eigenvalue weighted by atomic mass is 16.6. The highest BCUT2D eigenvalue weighted by Gasteiger charge is 2.35. The summed E-state index contributed by atoms with van der Waals surface area (Å²) in [5.74, 6) is 1.51. The van der Waals surface area contributed by atoms with Crippen molar-refractivity contribution in [1.29, 1.82) is 0 Å². The van der Waals surface area contributed by atoms with Crippen LogP contribution in [0.4, 0.5) is 15.4 Å². The molecule has 0 N–H and O–H groups in total. The quantitative estimate of drug-likeness (QED) is 0.664. The Morgan fingerprint density at radius 3 is 2.26 bits per heavy atom. The van der Waals surface area contributed by atoms with Gasteiger partial charge in [-0.2, -0.15) is 0 Å². The first kappa shape index (κ1) is 23.7. The number of pyridine rings is 1. The summed E-state index contributed by atoms with van der Waals surface area (Å²) in [5, 5.41) is 0. The highest BCUT2D eigenvalue weighted by Crippen LogP contribution is 2.22. The molecule has 1 aromatic carbocycles. The molecule has 2 aliphatic heterocycles. The predicted octanol–water partition coefficient (Wildman–Crippen LogP) is 3.54. The van der Waals surface area contributed by atoms with Crippen molar-refractivity contribution in [2.75, 3.05) is 44.2 Å². The lowest BCUT2D eigenvalue weighted by Crippen LogP contribution is -2.57. The zero-order valence-corrected chi connectivity index (χ0v) is 20.0. The number of ether oxygens (including phenoxy) is 3. The number of nitrogens with zero attached hydrogens (tertiary/aromatic N) is 4. The number of hydrogen-bond acceptors (Lipinski definition) is 7. The molecule has 3 heterocycles. The summed E-state index contributed by atoms with van der Waals surface area (Å²) in [6.07, 6.45) is 1.03. The summed E-state index contributed by atoms with van der Waals surface area (Å²) in [4.78, 5) is 34.4. The van der Waals surface area contributed by atoms with Crippen LogP contribution in [0.3, 0.4) is 0 Å². The van der Waals surface area contributed by atoms with Crippen LogP contribution in [0, 0.1) is 0 Å². The highest BCUT2D eigenvalue weighted by molar-refractivity contribution is 5.69. The van der Waals surface area contributed by atoms with E-state index in [1.807, 2.05) is 63.2 Å². The Balaban J connectivity index is 1.18. The Morgan fingerprint density at radius 2 is 1.65 bits per heavy atom. The molecule has 0 saturated carbocycles. The molecule has 0 spiro atoms. The van der Waals surface area contributed by atoms with E-state index in [2.05, 4.69) is 9.88 Å². The van der Waals surface area contributed by atoms with E-state index in [1.165, 1.54) is 0 Å². The lowest BCUT2D eigenvalue weighted by atomic mass is 10.1. The summed E-state index contributed by atoms with van der Waals surface area (Å²) in [6, 6.07) is 13.5. The molecule has 2 aliphatic rings. The molecule has 0 unspecified atom stereocenters. The van der Waals surface area contributed by atoms with Crippen molar-refractivity contribution in [1.82, 2.24) is 14.8 Å². The van der Waals surface area contributed by atoms with Crippen molar-refractivity contribution in [3.8, 4) is 5.75 Å². The molecule has 4 rings (SSSR count). The van der Waals surface area contributed by atoms with Crippen molar-refractivity contribution in [2.24, 2.45) is 0 Å². The Morgan fingerprint density at radius 1 is 0.941 bits per heavy atom.